The lowest BCUT2D eigenvalue weighted by Crippen LogP contribution is -2.40. The van der Waals surface area contributed by atoms with E-state index < -0.39 is 0 Å². The van der Waals surface area contributed by atoms with Gasteiger partial charge < -0.3 is 15.1 Å². The molecule has 3 amide bonds. The fourth-order valence-electron chi connectivity index (χ4n) is 4.86. The van der Waals surface area contributed by atoms with Crippen LogP contribution in [0.3, 0.4) is 0 Å². The lowest BCUT2D eigenvalue weighted by atomic mass is 9.90. The summed E-state index contributed by atoms with van der Waals surface area (Å²) < 4.78 is 0. The van der Waals surface area contributed by atoms with Gasteiger partial charge in [-0.15, -0.1) is 11.3 Å². The zero-order valence-corrected chi connectivity index (χ0v) is 21.7. The van der Waals surface area contributed by atoms with Gasteiger partial charge in [-0.05, 0) is 55.7 Å². The number of piperidine rings is 1. The van der Waals surface area contributed by atoms with E-state index in [1.165, 1.54) is 16.9 Å². The van der Waals surface area contributed by atoms with Crippen LogP contribution in [0, 0.1) is 5.92 Å². The number of carbonyl (C=O) groups excluding carboxylic acids is 3. The third-order valence-corrected chi connectivity index (χ3v) is 7.85. The molecule has 0 unspecified atom stereocenters. The second-order valence-corrected chi connectivity index (χ2v) is 10.8. The average molecular weight is 517 g/mol. The topological polar surface area (TPSA) is 82.6 Å². The van der Waals surface area contributed by atoms with Crippen molar-refractivity contribution < 1.29 is 14.4 Å². The molecule has 1 saturated heterocycles. The van der Waals surface area contributed by atoms with Crippen LogP contribution in [0.4, 0.5) is 5.13 Å². The highest BCUT2D eigenvalue weighted by Crippen LogP contribution is 2.28. The van der Waals surface area contributed by atoms with E-state index in [-0.39, 0.29) is 36.7 Å². The van der Waals surface area contributed by atoms with E-state index in [4.69, 9.17) is 0 Å². The monoisotopic (exact) mass is 516 g/mol. The van der Waals surface area contributed by atoms with E-state index in [2.05, 4.69) is 34.6 Å². The molecule has 5 rings (SSSR count). The number of hydrogen-bond acceptors (Lipinski definition) is 5. The Kier molecular flexibility index (Phi) is 7.94. The fraction of sp³-hybridized carbons (Fsp3) is 0.379. The molecule has 1 aliphatic heterocycles. The van der Waals surface area contributed by atoms with Gasteiger partial charge in [0.15, 0.2) is 5.13 Å². The van der Waals surface area contributed by atoms with Crippen LogP contribution in [0.5, 0.6) is 0 Å². The minimum absolute atomic E-state index is 0.00976. The van der Waals surface area contributed by atoms with E-state index in [0.29, 0.717) is 22.3 Å². The molecule has 2 fully saturated rings. The second-order valence-electron chi connectivity index (χ2n) is 9.91. The number of carbonyl (C=O) groups is 3. The van der Waals surface area contributed by atoms with Gasteiger partial charge in [-0.25, -0.2) is 4.98 Å². The summed E-state index contributed by atoms with van der Waals surface area (Å²) in [5.74, 6) is 0.284. The molecule has 8 heteroatoms. The number of amides is 3. The minimum atomic E-state index is -0.274. The van der Waals surface area contributed by atoms with Crippen LogP contribution in [0.25, 0.3) is 0 Å². The number of nitrogens with one attached hydrogen (secondary N) is 1. The Morgan fingerprint density at radius 1 is 0.946 bits per heavy atom. The molecule has 0 radical (unpaired) electrons. The molecule has 1 saturated carbocycles. The lowest BCUT2D eigenvalue weighted by Gasteiger charge is -2.32. The molecule has 7 nitrogen and oxygen atoms in total. The van der Waals surface area contributed by atoms with Crippen molar-refractivity contribution in [3.8, 4) is 0 Å². The van der Waals surface area contributed by atoms with E-state index in [9.17, 15) is 14.4 Å². The fourth-order valence-corrected chi connectivity index (χ4v) is 5.59. The molecule has 2 heterocycles. The average Bonchev–Trinajstić information content (AvgIpc) is 3.68. The van der Waals surface area contributed by atoms with Crippen LogP contribution in [-0.4, -0.2) is 58.2 Å². The summed E-state index contributed by atoms with van der Waals surface area (Å²) in [4.78, 5) is 46.5. The highest BCUT2D eigenvalue weighted by Gasteiger charge is 2.34. The summed E-state index contributed by atoms with van der Waals surface area (Å²) in [5, 5.41) is 5.09. The van der Waals surface area contributed by atoms with Crippen molar-refractivity contribution in [2.75, 3.05) is 25.0 Å². The van der Waals surface area contributed by atoms with Crippen molar-refractivity contribution in [1.29, 1.82) is 0 Å². The Morgan fingerprint density at radius 2 is 1.62 bits per heavy atom. The van der Waals surface area contributed by atoms with Crippen LogP contribution in [0.1, 0.15) is 47.3 Å². The molecule has 1 aromatic heterocycles. The maximum atomic E-state index is 12.9. The first-order chi connectivity index (χ1) is 18.0. The molecule has 192 valence electrons. The molecule has 0 atom stereocenters. The van der Waals surface area contributed by atoms with Gasteiger partial charge in [-0.2, -0.15) is 0 Å². The number of nitrogens with zero attached hydrogens (tertiary/aromatic N) is 3. The molecular weight excluding hydrogens is 484 g/mol. The summed E-state index contributed by atoms with van der Waals surface area (Å²) in [6.07, 6.45) is 5.15. The van der Waals surface area contributed by atoms with Gasteiger partial charge in [0.25, 0.3) is 5.91 Å². The highest BCUT2D eigenvalue weighted by molar-refractivity contribution is 7.13. The first-order valence-corrected chi connectivity index (χ1v) is 13.8. The molecule has 3 aromatic rings. The predicted molar refractivity (Wildman–Crippen MR) is 144 cm³/mol. The second kappa shape index (κ2) is 11.7. The van der Waals surface area contributed by atoms with E-state index >= 15 is 0 Å². The number of aromatic nitrogens is 1. The van der Waals surface area contributed by atoms with Gasteiger partial charge in [-0.3, -0.25) is 14.4 Å². The lowest BCUT2D eigenvalue weighted by molar-refractivity contribution is -0.131. The van der Waals surface area contributed by atoms with Gasteiger partial charge >= 0.3 is 0 Å². The van der Waals surface area contributed by atoms with Crippen molar-refractivity contribution in [2.45, 2.75) is 44.6 Å². The molecule has 1 aliphatic carbocycles. The summed E-state index contributed by atoms with van der Waals surface area (Å²) in [5.41, 5.74) is 2.60. The van der Waals surface area contributed by atoms with E-state index in [0.717, 1.165) is 45.2 Å². The molecular formula is C29H32N4O3S. The number of likely N-dealkylation sites (tertiary alicyclic amines) is 1. The maximum Gasteiger partial charge on any atom is 0.254 e. The van der Waals surface area contributed by atoms with Crippen LogP contribution >= 0.6 is 11.3 Å². The maximum absolute atomic E-state index is 12.9. The highest BCUT2D eigenvalue weighted by atomic mass is 32.1. The molecule has 1 N–H and O–H groups in total. The Bertz CT molecular complexity index is 1220. The summed E-state index contributed by atoms with van der Waals surface area (Å²) >= 11 is 1.31. The van der Waals surface area contributed by atoms with E-state index in [1.807, 2.05) is 34.5 Å². The van der Waals surface area contributed by atoms with Crippen LogP contribution < -0.4 is 5.32 Å². The largest absolute Gasteiger partial charge is 0.342 e. The third-order valence-electron chi connectivity index (χ3n) is 7.05. The SMILES string of the molecule is O=C(CN(C(=O)c1ccccc1)C1CC1)Nc1nc(CC(=O)N2CCC(Cc3ccccc3)CC2)cs1. The van der Waals surface area contributed by atoms with Crippen molar-refractivity contribution in [2.24, 2.45) is 5.92 Å². The van der Waals surface area contributed by atoms with Crippen LogP contribution in [0.2, 0.25) is 0 Å². The van der Waals surface area contributed by atoms with Crippen molar-refractivity contribution in [3.63, 3.8) is 0 Å². The molecule has 0 bridgehead atoms. The number of benzene rings is 2. The summed E-state index contributed by atoms with van der Waals surface area (Å²) in [6, 6.07) is 19.7. The van der Waals surface area contributed by atoms with Gasteiger partial charge in [-0.1, -0.05) is 48.5 Å². The van der Waals surface area contributed by atoms with Crippen molar-refractivity contribution in [3.05, 3.63) is 82.9 Å². The quantitative estimate of drug-likeness (QED) is 0.457. The predicted octanol–water partition coefficient (Wildman–Crippen LogP) is 4.41. The number of hydrogen-bond donors (Lipinski definition) is 1. The number of thiazole rings is 1. The zero-order chi connectivity index (χ0) is 25.6. The molecule has 2 aromatic carbocycles. The standard InChI is InChI=1S/C29H32N4O3S/c34-26(19-33(25-11-12-25)28(36)23-9-5-2-6-10-23)31-29-30-24(20-37-29)18-27(35)32-15-13-22(14-16-32)17-21-7-3-1-4-8-21/h1-10,20,22,25H,11-19H2,(H,30,31,34). The van der Waals surface area contributed by atoms with Gasteiger partial charge in [0.2, 0.25) is 11.8 Å². The molecule has 2 aliphatic rings. The summed E-state index contributed by atoms with van der Waals surface area (Å²) in [6.45, 7) is 1.54. The van der Waals surface area contributed by atoms with Gasteiger partial charge in [0, 0.05) is 30.1 Å². The Balaban J connectivity index is 1.09. The smallest absolute Gasteiger partial charge is 0.254 e. The zero-order valence-electron chi connectivity index (χ0n) is 20.8. The Labute approximate surface area is 221 Å². The van der Waals surface area contributed by atoms with E-state index in [1.54, 1.807) is 17.0 Å². The molecule has 0 spiro atoms. The first kappa shape index (κ1) is 25.1. The van der Waals surface area contributed by atoms with Crippen LogP contribution in [0.15, 0.2) is 66.0 Å². The van der Waals surface area contributed by atoms with Crippen molar-refractivity contribution in [1.82, 2.24) is 14.8 Å². The third kappa shape index (κ3) is 6.83. The Morgan fingerprint density at radius 3 is 2.30 bits per heavy atom. The van der Waals surface area contributed by atoms with Gasteiger partial charge in [0.1, 0.15) is 6.54 Å². The Hall–Kier alpha value is -3.52. The van der Waals surface area contributed by atoms with Gasteiger partial charge in [0.05, 0.1) is 12.1 Å². The van der Waals surface area contributed by atoms with Crippen molar-refractivity contribution >= 4 is 34.2 Å². The first-order valence-electron chi connectivity index (χ1n) is 13.0. The summed E-state index contributed by atoms with van der Waals surface area (Å²) in [7, 11) is 0. The normalized spacial score (nSPS) is 15.8. The number of rotatable bonds is 9. The molecule has 37 heavy (non-hydrogen) atoms. The number of anilines is 1. The van der Waals surface area contributed by atoms with Crippen LogP contribution in [-0.2, 0) is 22.4 Å². The minimum Gasteiger partial charge on any atom is -0.342 e.